The fourth-order valence-electron chi connectivity index (χ4n) is 2.19. The molecule has 0 aliphatic heterocycles. The monoisotopic (exact) mass is 340 g/mol. The Labute approximate surface area is 142 Å². The van der Waals surface area contributed by atoms with Crippen LogP contribution in [0.4, 0.5) is 0 Å². The lowest BCUT2D eigenvalue weighted by atomic mass is 10.2. The summed E-state index contributed by atoms with van der Waals surface area (Å²) in [5.41, 5.74) is 1.85. The molecule has 0 aliphatic carbocycles. The molecule has 3 rings (SSSR count). The van der Waals surface area contributed by atoms with Crippen molar-refractivity contribution < 1.29 is 4.79 Å². The number of rotatable bonds is 5. The van der Waals surface area contributed by atoms with Crippen molar-refractivity contribution >= 4 is 17.2 Å². The molecular weight excluding hydrogens is 324 g/mol. The number of hydrogen-bond donors (Lipinski definition) is 1. The van der Waals surface area contributed by atoms with Crippen LogP contribution in [0.2, 0.25) is 0 Å². The van der Waals surface area contributed by atoms with Crippen LogP contribution in [0.15, 0.2) is 53.0 Å². The Hall–Kier alpha value is -2.80. The first-order valence-electron chi connectivity index (χ1n) is 7.45. The van der Waals surface area contributed by atoms with Crippen LogP contribution in [0, 0.1) is 6.92 Å². The van der Waals surface area contributed by atoms with Gasteiger partial charge in [0, 0.05) is 35.8 Å². The van der Waals surface area contributed by atoms with Crippen LogP contribution < -0.4 is 10.9 Å². The van der Waals surface area contributed by atoms with Crippen LogP contribution in [0.25, 0.3) is 10.6 Å². The third-order valence-electron chi connectivity index (χ3n) is 3.47. The Bertz CT molecular complexity index is 902. The molecule has 0 saturated heterocycles. The SMILES string of the molecule is Cc1cncn(CCNC(=O)c2csc(-c3ccccc3)n2)c1=O. The number of amides is 1. The highest BCUT2D eigenvalue weighted by molar-refractivity contribution is 7.13. The van der Waals surface area contributed by atoms with E-state index < -0.39 is 0 Å². The van der Waals surface area contributed by atoms with Crippen LogP contribution in [0.1, 0.15) is 16.1 Å². The number of aromatic nitrogens is 3. The maximum absolute atomic E-state index is 12.2. The van der Waals surface area contributed by atoms with E-state index in [1.54, 1.807) is 12.3 Å². The lowest BCUT2D eigenvalue weighted by Crippen LogP contribution is -2.31. The maximum atomic E-state index is 12.2. The smallest absolute Gasteiger partial charge is 0.270 e. The highest BCUT2D eigenvalue weighted by Gasteiger charge is 2.11. The minimum absolute atomic E-state index is 0.0979. The minimum Gasteiger partial charge on any atom is -0.349 e. The zero-order valence-electron chi connectivity index (χ0n) is 13.1. The van der Waals surface area contributed by atoms with Gasteiger partial charge in [-0.2, -0.15) is 0 Å². The first-order chi connectivity index (χ1) is 11.6. The van der Waals surface area contributed by atoms with Crippen LogP contribution in [-0.4, -0.2) is 27.0 Å². The molecule has 1 N–H and O–H groups in total. The van der Waals surface area contributed by atoms with E-state index in [2.05, 4.69) is 15.3 Å². The molecule has 0 fully saturated rings. The summed E-state index contributed by atoms with van der Waals surface area (Å²) in [6.07, 6.45) is 3.00. The van der Waals surface area contributed by atoms with Crippen molar-refractivity contribution in [3.8, 4) is 10.6 Å². The van der Waals surface area contributed by atoms with Crippen molar-refractivity contribution in [3.63, 3.8) is 0 Å². The number of nitrogens with one attached hydrogen (secondary N) is 1. The van der Waals surface area contributed by atoms with Crippen LogP contribution in [0.3, 0.4) is 0 Å². The van der Waals surface area contributed by atoms with Crippen LogP contribution >= 0.6 is 11.3 Å². The quantitative estimate of drug-likeness (QED) is 0.772. The molecule has 0 radical (unpaired) electrons. The molecular formula is C17H16N4O2S. The van der Waals surface area contributed by atoms with Gasteiger partial charge in [-0.3, -0.25) is 14.2 Å². The second-order valence-corrected chi connectivity index (χ2v) is 6.09. The van der Waals surface area contributed by atoms with Gasteiger partial charge in [0.05, 0.1) is 6.33 Å². The van der Waals surface area contributed by atoms with Gasteiger partial charge in [-0.15, -0.1) is 11.3 Å². The first kappa shape index (κ1) is 16.1. The molecule has 2 aromatic heterocycles. The highest BCUT2D eigenvalue weighted by atomic mass is 32.1. The number of hydrogen-bond acceptors (Lipinski definition) is 5. The lowest BCUT2D eigenvalue weighted by molar-refractivity contribution is 0.0948. The van der Waals surface area contributed by atoms with Crippen LogP contribution in [0.5, 0.6) is 0 Å². The van der Waals surface area contributed by atoms with E-state index in [1.165, 1.54) is 28.4 Å². The lowest BCUT2D eigenvalue weighted by Gasteiger charge is -2.06. The molecule has 0 bridgehead atoms. The standard InChI is InChI=1S/C17H16N4O2S/c1-12-9-18-11-21(17(12)23)8-7-19-15(22)14-10-24-16(20-14)13-5-3-2-4-6-13/h2-6,9-11H,7-8H2,1H3,(H,19,22). The summed E-state index contributed by atoms with van der Waals surface area (Å²) in [7, 11) is 0. The van der Waals surface area contributed by atoms with E-state index in [0.717, 1.165) is 10.6 Å². The predicted octanol–water partition coefficient (Wildman–Crippen LogP) is 2.11. The van der Waals surface area contributed by atoms with Crippen molar-refractivity contribution in [3.05, 3.63) is 69.8 Å². The minimum atomic E-state index is -0.248. The second-order valence-electron chi connectivity index (χ2n) is 5.24. The zero-order valence-corrected chi connectivity index (χ0v) is 13.9. The van der Waals surface area contributed by atoms with E-state index in [1.807, 2.05) is 30.3 Å². The van der Waals surface area contributed by atoms with Crippen molar-refractivity contribution in [2.75, 3.05) is 6.54 Å². The summed E-state index contributed by atoms with van der Waals surface area (Å²) in [5, 5.41) is 5.32. The Balaban J connectivity index is 1.61. The van der Waals surface area contributed by atoms with Gasteiger partial charge in [-0.05, 0) is 6.92 Å². The summed E-state index contributed by atoms with van der Waals surface area (Å²) in [6.45, 7) is 2.42. The summed E-state index contributed by atoms with van der Waals surface area (Å²) < 4.78 is 1.48. The van der Waals surface area contributed by atoms with Gasteiger partial charge in [0.2, 0.25) is 0 Å². The van der Waals surface area contributed by atoms with Gasteiger partial charge in [0.1, 0.15) is 10.7 Å². The molecule has 0 saturated carbocycles. The van der Waals surface area contributed by atoms with Crippen molar-refractivity contribution in [2.45, 2.75) is 13.5 Å². The molecule has 0 spiro atoms. The van der Waals surface area contributed by atoms with E-state index >= 15 is 0 Å². The van der Waals surface area contributed by atoms with Gasteiger partial charge >= 0.3 is 0 Å². The van der Waals surface area contributed by atoms with Gasteiger partial charge in [0.15, 0.2) is 0 Å². The van der Waals surface area contributed by atoms with Crippen molar-refractivity contribution in [2.24, 2.45) is 0 Å². The number of benzene rings is 1. The number of carbonyl (C=O) groups is 1. The summed E-state index contributed by atoms with van der Waals surface area (Å²) >= 11 is 1.43. The first-order valence-corrected chi connectivity index (χ1v) is 8.33. The molecule has 122 valence electrons. The normalized spacial score (nSPS) is 10.5. The molecule has 0 unspecified atom stereocenters. The van der Waals surface area contributed by atoms with Crippen molar-refractivity contribution in [1.82, 2.24) is 19.9 Å². The van der Waals surface area contributed by atoms with Gasteiger partial charge in [-0.1, -0.05) is 30.3 Å². The van der Waals surface area contributed by atoms with E-state index in [9.17, 15) is 9.59 Å². The fourth-order valence-corrected chi connectivity index (χ4v) is 3.00. The third-order valence-corrected chi connectivity index (χ3v) is 4.36. The average molecular weight is 340 g/mol. The largest absolute Gasteiger partial charge is 0.349 e. The summed E-state index contributed by atoms with van der Waals surface area (Å²) in [4.78, 5) is 32.4. The molecule has 1 aromatic carbocycles. The fraction of sp³-hybridized carbons (Fsp3) is 0.176. The van der Waals surface area contributed by atoms with Crippen molar-refractivity contribution in [1.29, 1.82) is 0 Å². The van der Waals surface area contributed by atoms with Gasteiger partial charge in [0.25, 0.3) is 11.5 Å². The van der Waals surface area contributed by atoms with Gasteiger partial charge in [-0.25, -0.2) is 9.97 Å². The summed E-state index contributed by atoms with van der Waals surface area (Å²) in [6, 6.07) is 9.72. The molecule has 0 atom stereocenters. The number of nitrogens with zero attached hydrogens (tertiary/aromatic N) is 3. The van der Waals surface area contributed by atoms with E-state index in [-0.39, 0.29) is 11.5 Å². The Kier molecular flexibility index (Phi) is 4.81. The van der Waals surface area contributed by atoms with E-state index in [0.29, 0.717) is 24.3 Å². The molecule has 3 aromatic rings. The third kappa shape index (κ3) is 3.57. The Morgan fingerprint density at radius 2 is 2.08 bits per heavy atom. The molecule has 6 nitrogen and oxygen atoms in total. The number of aryl methyl sites for hydroxylation is 1. The highest BCUT2D eigenvalue weighted by Crippen LogP contribution is 2.23. The number of carbonyl (C=O) groups excluding carboxylic acids is 1. The Morgan fingerprint density at radius 3 is 2.88 bits per heavy atom. The molecule has 7 heteroatoms. The van der Waals surface area contributed by atoms with Gasteiger partial charge < -0.3 is 5.32 Å². The zero-order chi connectivity index (χ0) is 16.9. The average Bonchev–Trinajstić information content (AvgIpc) is 3.09. The molecule has 2 heterocycles. The van der Waals surface area contributed by atoms with E-state index in [4.69, 9.17) is 0 Å². The predicted molar refractivity (Wildman–Crippen MR) is 93.1 cm³/mol. The molecule has 24 heavy (non-hydrogen) atoms. The topological polar surface area (TPSA) is 76.9 Å². The second kappa shape index (κ2) is 7.18. The molecule has 0 aliphatic rings. The molecule has 1 amide bonds. The number of thiazole rings is 1. The maximum Gasteiger partial charge on any atom is 0.270 e. The summed E-state index contributed by atoms with van der Waals surface area (Å²) in [5.74, 6) is -0.248. The Morgan fingerprint density at radius 1 is 1.29 bits per heavy atom. The van der Waals surface area contributed by atoms with Crippen LogP contribution in [-0.2, 0) is 6.54 Å².